The van der Waals surface area contributed by atoms with E-state index < -0.39 is 0 Å². The molecule has 1 heterocycles. The van der Waals surface area contributed by atoms with Crippen LogP contribution in [0.4, 0.5) is 5.95 Å². The summed E-state index contributed by atoms with van der Waals surface area (Å²) < 4.78 is 2.02. The van der Waals surface area contributed by atoms with Crippen molar-refractivity contribution in [2.75, 3.05) is 5.73 Å². The van der Waals surface area contributed by atoms with E-state index in [1.807, 2.05) is 10.8 Å². The van der Waals surface area contributed by atoms with Crippen LogP contribution in [0.1, 0.15) is 33.2 Å². The molecule has 0 bridgehead atoms. The molecule has 0 aromatic carbocycles. The number of hydrogen-bond donors (Lipinski definition) is 1. The third-order valence-electron chi connectivity index (χ3n) is 2.60. The molecule has 1 aromatic rings. The van der Waals surface area contributed by atoms with Crippen LogP contribution in [-0.2, 0) is 0 Å². The Bertz CT molecular complexity index is 242. The fourth-order valence-corrected chi connectivity index (χ4v) is 1.28. The van der Waals surface area contributed by atoms with Crippen LogP contribution >= 0.6 is 0 Å². The predicted molar refractivity (Wildman–Crippen MR) is 50.8 cm³/mol. The number of rotatable bonds is 3. The average molecular weight is 167 g/mol. The molecule has 1 rings (SSSR count). The minimum atomic E-state index is 0.442. The molecule has 0 radical (unpaired) electrons. The highest BCUT2D eigenvalue weighted by atomic mass is 15.2. The lowest BCUT2D eigenvalue weighted by molar-refractivity contribution is 0.374. The van der Waals surface area contributed by atoms with E-state index in [1.54, 1.807) is 6.20 Å². The minimum Gasteiger partial charge on any atom is -0.369 e. The average Bonchev–Trinajstić information content (AvgIpc) is 2.48. The molecule has 3 heteroatoms. The molecule has 12 heavy (non-hydrogen) atoms. The van der Waals surface area contributed by atoms with Gasteiger partial charge in [-0.3, -0.25) is 0 Å². The first kappa shape index (κ1) is 9.10. The Kier molecular flexibility index (Phi) is 2.74. The molecule has 0 fully saturated rings. The summed E-state index contributed by atoms with van der Waals surface area (Å²) in [5, 5.41) is 0. The van der Waals surface area contributed by atoms with Gasteiger partial charge >= 0.3 is 0 Å². The van der Waals surface area contributed by atoms with Crippen molar-refractivity contribution in [3.63, 3.8) is 0 Å². The number of nitrogens with two attached hydrogens (primary N) is 1. The molecule has 0 saturated heterocycles. The summed E-state index contributed by atoms with van der Waals surface area (Å²) in [6.07, 6.45) is 4.85. The van der Waals surface area contributed by atoms with Gasteiger partial charge in [-0.05, 0) is 12.8 Å². The number of imidazole rings is 1. The molecule has 3 nitrogen and oxygen atoms in total. The van der Waals surface area contributed by atoms with Crippen molar-refractivity contribution in [2.45, 2.75) is 33.2 Å². The van der Waals surface area contributed by atoms with Crippen LogP contribution in [0.15, 0.2) is 12.4 Å². The van der Waals surface area contributed by atoms with Gasteiger partial charge in [0.25, 0.3) is 0 Å². The van der Waals surface area contributed by atoms with Gasteiger partial charge < -0.3 is 10.3 Å². The first-order valence-corrected chi connectivity index (χ1v) is 4.45. The van der Waals surface area contributed by atoms with E-state index in [0.717, 1.165) is 0 Å². The van der Waals surface area contributed by atoms with Crippen LogP contribution in [0, 0.1) is 5.92 Å². The Hall–Kier alpha value is -0.990. The van der Waals surface area contributed by atoms with Gasteiger partial charge in [-0.2, -0.15) is 0 Å². The molecule has 0 aliphatic carbocycles. The lowest BCUT2D eigenvalue weighted by Gasteiger charge is -2.20. The smallest absolute Gasteiger partial charge is 0.200 e. The lowest BCUT2D eigenvalue weighted by atomic mass is 10.0. The molecule has 0 aliphatic heterocycles. The van der Waals surface area contributed by atoms with Crippen LogP contribution in [-0.4, -0.2) is 9.55 Å². The first-order chi connectivity index (χ1) is 5.66. The summed E-state index contributed by atoms with van der Waals surface area (Å²) in [6, 6.07) is 0.442. The van der Waals surface area contributed by atoms with Crippen molar-refractivity contribution in [1.29, 1.82) is 0 Å². The lowest BCUT2D eigenvalue weighted by Crippen LogP contribution is -2.14. The highest BCUT2D eigenvalue weighted by Crippen LogP contribution is 2.21. The van der Waals surface area contributed by atoms with Crippen LogP contribution in [0.2, 0.25) is 0 Å². The van der Waals surface area contributed by atoms with Crippen LogP contribution in [0.3, 0.4) is 0 Å². The standard InChI is InChI=1S/C9H17N3/c1-4-7(2)8(3)12-6-5-11-9(12)10/h5-8H,4H2,1-3H3,(H2,10,11). The Morgan fingerprint density at radius 1 is 1.58 bits per heavy atom. The number of nitrogen functional groups attached to an aromatic ring is 1. The molecule has 0 saturated carbocycles. The molecular weight excluding hydrogens is 150 g/mol. The maximum absolute atomic E-state index is 5.69. The van der Waals surface area contributed by atoms with Crippen molar-refractivity contribution >= 4 is 5.95 Å². The summed E-state index contributed by atoms with van der Waals surface area (Å²) in [7, 11) is 0. The number of hydrogen-bond acceptors (Lipinski definition) is 2. The van der Waals surface area contributed by atoms with E-state index in [4.69, 9.17) is 5.73 Å². The van der Waals surface area contributed by atoms with Gasteiger partial charge in [0, 0.05) is 18.4 Å². The zero-order valence-electron chi connectivity index (χ0n) is 7.99. The molecule has 2 unspecified atom stereocenters. The van der Waals surface area contributed by atoms with Crippen molar-refractivity contribution in [3.8, 4) is 0 Å². The molecule has 1 aromatic heterocycles. The monoisotopic (exact) mass is 167 g/mol. The minimum absolute atomic E-state index is 0.442. The topological polar surface area (TPSA) is 43.8 Å². The van der Waals surface area contributed by atoms with Crippen molar-refractivity contribution in [1.82, 2.24) is 9.55 Å². The first-order valence-electron chi connectivity index (χ1n) is 4.45. The summed E-state index contributed by atoms with van der Waals surface area (Å²) in [5.74, 6) is 1.25. The van der Waals surface area contributed by atoms with Crippen molar-refractivity contribution in [3.05, 3.63) is 12.4 Å². The quantitative estimate of drug-likeness (QED) is 0.749. The fourth-order valence-electron chi connectivity index (χ4n) is 1.28. The van der Waals surface area contributed by atoms with E-state index in [2.05, 4.69) is 25.8 Å². The molecule has 68 valence electrons. The number of anilines is 1. The number of nitrogens with zero attached hydrogens (tertiary/aromatic N) is 2. The van der Waals surface area contributed by atoms with Gasteiger partial charge in [-0.1, -0.05) is 20.3 Å². The summed E-state index contributed by atoms with van der Waals surface area (Å²) in [6.45, 7) is 6.59. The molecule has 0 spiro atoms. The summed E-state index contributed by atoms with van der Waals surface area (Å²) in [4.78, 5) is 4.00. The van der Waals surface area contributed by atoms with Crippen molar-refractivity contribution in [2.24, 2.45) is 5.92 Å². The largest absolute Gasteiger partial charge is 0.369 e. The third-order valence-corrected chi connectivity index (χ3v) is 2.60. The normalized spacial score (nSPS) is 15.9. The van der Waals surface area contributed by atoms with E-state index in [1.165, 1.54) is 6.42 Å². The fraction of sp³-hybridized carbons (Fsp3) is 0.667. The van der Waals surface area contributed by atoms with Gasteiger partial charge in [0.1, 0.15) is 0 Å². The highest BCUT2D eigenvalue weighted by Gasteiger charge is 2.13. The Morgan fingerprint density at radius 2 is 2.25 bits per heavy atom. The van der Waals surface area contributed by atoms with Crippen molar-refractivity contribution < 1.29 is 0 Å². The van der Waals surface area contributed by atoms with E-state index in [-0.39, 0.29) is 0 Å². The summed E-state index contributed by atoms with van der Waals surface area (Å²) >= 11 is 0. The molecule has 0 amide bonds. The van der Waals surface area contributed by atoms with Gasteiger partial charge in [0.05, 0.1) is 0 Å². The Labute approximate surface area is 73.6 Å². The van der Waals surface area contributed by atoms with E-state index in [0.29, 0.717) is 17.9 Å². The SMILES string of the molecule is CCC(C)C(C)n1ccnc1N. The second-order valence-electron chi connectivity index (χ2n) is 3.32. The maximum atomic E-state index is 5.69. The van der Waals surface area contributed by atoms with Crippen LogP contribution < -0.4 is 5.73 Å². The maximum Gasteiger partial charge on any atom is 0.200 e. The zero-order valence-corrected chi connectivity index (χ0v) is 7.99. The zero-order chi connectivity index (χ0) is 9.14. The predicted octanol–water partition coefficient (Wildman–Crippen LogP) is 2.07. The molecule has 2 atom stereocenters. The van der Waals surface area contributed by atoms with E-state index >= 15 is 0 Å². The highest BCUT2D eigenvalue weighted by molar-refractivity contribution is 5.17. The van der Waals surface area contributed by atoms with Crippen LogP contribution in [0.25, 0.3) is 0 Å². The molecule has 0 aliphatic rings. The molecule has 2 N–H and O–H groups in total. The third kappa shape index (κ3) is 1.60. The second-order valence-corrected chi connectivity index (χ2v) is 3.32. The number of aromatic nitrogens is 2. The summed E-state index contributed by atoms with van der Waals surface area (Å²) in [5.41, 5.74) is 5.69. The second kappa shape index (κ2) is 3.61. The Morgan fingerprint density at radius 3 is 2.67 bits per heavy atom. The van der Waals surface area contributed by atoms with Gasteiger partial charge in [0.15, 0.2) is 5.95 Å². The van der Waals surface area contributed by atoms with Gasteiger partial charge in [-0.15, -0.1) is 0 Å². The molecular formula is C9H17N3. The van der Waals surface area contributed by atoms with Gasteiger partial charge in [0.2, 0.25) is 0 Å². The van der Waals surface area contributed by atoms with Crippen LogP contribution in [0.5, 0.6) is 0 Å². The Balaban J connectivity index is 2.77. The van der Waals surface area contributed by atoms with Gasteiger partial charge in [-0.25, -0.2) is 4.98 Å². The van der Waals surface area contributed by atoms with E-state index in [9.17, 15) is 0 Å².